The molecular formula is C15H23ClNO7PS. The van der Waals surface area contributed by atoms with Gasteiger partial charge in [0.15, 0.2) is 9.84 Å². The van der Waals surface area contributed by atoms with Crippen LogP contribution in [-0.4, -0.2) is 37.6 Å². The predicted molar refractivity (Wildman–Crippen MR) is 99.0 cm³/mol. The van der Waals surface area contributed by atoms with Crippen molar-refractivity contribution in [2.24, 2.45) is 0 Å². The van der Waals surface area contributed by atoms with Crippen molar-refractivity contribution in [1.29, 1.82) is 0 Å². The smallest absolute Gasteiger partial charge is 0.304 e. The Morgan fingerprint density at radius 1 is 1.15 bits per heavy atom. The zero-order valence-electron chi connectivity index (χ0n) is 14.9. The van der Waals surface area contributed by atoms with E-state index in [1.807, 2.05) is 0 Å². The van der Waals surface area contributed by atoms with Crippen molar-refractivity contribution in [3.05, 3.63) is 39.4 Å². The number of hydrogen-bond donors (Lipinski definition) is 0. The molecule has 0 saturated heterocycles. The summed E-state index contributed by atoms with van der Waals surface area (Å²) in [6, 6.07) is 5.48. The summed E-state index contributed by atoms with van der Waals surface area (Å²) in [4.78, 5) is 11.1. The number of benzene rings is 1. The van der Waals surface area contributed by atoms with Crippen LogP contribution in [0.1, 0.15) is 33.6 Å². The standard InChI is InChI=1S/C15H23ClNO7PS/c1-4-15(17(18)19,25(20,23-5-2)24-6-3)11-12-26(21,22)14-9-7-13(16)8-10-14/h7-10H,4-6,11-12H2,1-3H3/t15-/m1/s1. The summed E-state index contributed by atoms with van der Waals surface area (Å²) in [6.45, 7) is 4.42. The van der Waals surface area contributed by atoms with Crippen LogP contribution >= 0.6 is 19.2 Å². The van der Waals surface area contributed by atoms with Crippen LogP contribution in [0.5, 0.6) is 0 Å². The molecule has 0 aromatic heterocycles. The Balaban J connectivity index is 3.24. The van der Waals surface area contributed by atoms with E-state index in [-0.39, 0.29) is 24.5 Å². The summed E-state index contributed by atoms with van der Waals surface area (Å²) in [7, 11) is -8.03. The van der Waals surface area contributed by atoms with Gasteiger partial charge in [-0.1, -0.05) is 18.5 Å². The average molecular weight is 428 g/mol. The number of nitrogens with zero attached hydrogens (tertiary/aromatic N) is 1. The molecule has 0 saturated carbocycles. The molecular weight excluding hydrogens is 405 g/mol. The normalized spacial score (nSPS) is 14.8. The van der Waals surface area contributed by atoms with Crippen LogP contribution in [0.3, 0.4) is 0 Å². The Bertz CT molecular complexity index is 759. The highest BCUT2D eigenvalue weighted by Gasteiger charge is 2.61. The van der Waals surface area contributed by atoms with Crippen molar-refractivity contribution in [1.82, 2.24) is 0 Å². The van der Waals surface area contributed by atoms with E-state index in [2.05, 4.69) is 0 Å². The first kappa shape index (κ1) is 23.0. The summed E-state index contributed by atoms with van der Waals surface area (Å²) < 4.78 is 48.5. The molecule has 0 amide bonds. The summed E-state index contributed by atoms with van der Waals surface area (Å²) in [5.74, 6) is -0.576. The number of halogens is 1. The maximum absolute atomic E-state index is 13.1. The molecule has 0 fully saturated rings. The Kier molecular flexibility index (Phi) is 8.23. The molecule has 0 heterocycles. The van der Waals surface area contributed by atoms with Gasteiger partial charge in [0.1, 0.15) is 0 Å². The highest BCUT2D eigenvalue weighted by Crippen LogP contribution is 2.63. The van der Waals surface area contributed by atoms with Crippen LogP contribution in [0.15, 0.2) is 29.2 Å². The zero-order chi connectivity index (χ0) is 20.0. The Morgan fingerprint density at radius 2 is 1.65 bits per heavy atom. The molecule has 0 unspecified atom stereocenters. The fourth-order valence-electron chi connectivity index (χ4n) is 2.50. The van der Waals surface area contributed by atoms with Crippen LogP contribution in [0.2, 0.25) is 5.02 Å². The van der Waals surface area contributed by atoms with Gasteiger partial charge >= 0.3 is 12.9 Å². The highest BCUT2D eigenvalue weighted by molar-refractivity contribution is 7.91. The maximum Gasteiger partial charge on any atom is 0.406 e. The van der Waals surface area contributed by atoms with Crippen molar-refractivity contribution < 1.29 is 27.0 Å². The van der Waals surface area contributed by atoms with Gasteiger partial charge in [0, 0.05) is 22.8 Å². The zero-order valence-corrected chi connectivity index (χ0v) is 17.4. The molecule has 0 spiro atoms. The first-order valence-corrected chi connectivity index (χ1v) is 11.7. The predicted octanol–water partition coefficient (Wildman–Crippen LogP) is 4.15. The van der Waals surface area contributed by atoms with Gasteiger partial charge in [-0.3, -0.25) is 14.7 Å². The van der Waals surface area contributed by atoms with E-state index in [1.165, 1.54) is 45.0 Å². The first-order chi connectivity index (χ1) is 12.1. The van der Waals surface area contributed by atoms with Crippen LogP contribution in [-0.2, 0) is 23.4 Å². The molecule has 0 bridgehead atoms. The topological polar surface area (TPSA) is 113 Å². The number of nitro groups is 1. The van der Waals surface area contributed by atoms with Gasteiger partial charge in [-0.2, -0.15) is 0 Å². The summed E-state index contributed by atoms with van der Waals surface area (Å²) in [5, 5.41) is 10.0. The van der Waals surface area contributed by atoms with Crippen molar-refractivity contribution in [3.63, 3.8) is 0 Å². The Labute approximate surface area is 158 Å². The second-order valence-electron chi connectivity index (χ2n) is 5.45. The van der Waals surface area contributed by atoms with E-state index in [0.29, 0.717) is 5.02 Å². The fraction of sp³-hybridized carbons (Fsp3) is 0.600. The highest BCUT2D eigenvalue weighted by atomic mass is 35.5. The Morgan fingerprint density at radius 3 is 2.04 bits per heavy atom. The van der Waals surface area contributed by atoms with Gasteiger partial charge in [0.2, 0.25) is 0 Å². The molecule has 0 radical (unpaired) electrons. The van der Waals surface area contributed by atoms with Gasteiger partial charge in [-0.05, 0) is 38.1 Å². The van der Waals surface area contributed by atoms with Crippen LogP contribution in [0, 0.1) is 10.1 Å². The van der Waals surface area contributed by atoms with Gasteiger partial charge in [-0.15, -0.1) is 0 Å². The third-order valence-electron chi connectivity index (χ3n) is 3.96. The van der Waals surface area contributed by atoms with E-state index in [1.54, 1.807) is 0 Å². The van der Waals surface area contributed by atoms with E-state index in [4.69, 9.17) is 20.6 Å². The fourth-order valence-corrected chi connectivity index (χ4v) is 6.38. The quantitative estimate of drug-likeness (QED) is 0.296. The van der Waals surface area contributed by atoms with Crippen molar-refractivity contribution in [2.45, 2.75) is 43.8 Å². The molecule has 0 aliphatic rings. The monoisotopic (exact) mass is 427 g/mol. The first-order valence-electron chi connectivity index (χ1n) is 8.10. The number of rotatable bonds is 11. The van der Waals surface area contributed by atoms with Gasteiger partial charge < -0.3 is 9.05 Å². The molecule has 1 aromatic rings. The van der Waals surface area contributed by atoms with E-state index >= 15 is 0 Å². The third kappa shape index (κ3) is 4.84. The molecule has 0 aliphatic carbocycles. The molecule has 1 rings (SSSR count). The van der Waals surface area contributed by atoms with Crippen LogP contribution < -0.4 is 0 Å². The van der Waals surface area contributed by atoms with Crippen molar-refractivity contribution in [3.8, 4) is 0 Å². The van der Waals surface area contributed by atoms with Gasteiger partial charge in [0.05, 0.1) is 23.9 Å². The minimum absolute atomic E-state index is 0.0158. The summed E-state index contributed by atoms with van der Waals surface area (Å²) in [5.41, 5.74) is 0. The SMILES string of the molecule is CCOP(=O)(OCC)[C@](CC)(CCS(=O)(=O)c1ccc(Cl)cc1)[N+](=O)[O-]. The van der Waals surface area contributed by atoms with Crippen molar-refractivity contribution in [2.75, 3.05) is 19.0 Å². The van der Waals surface area contributed by atoms with Crippen molar-refractivity contribution >= 4 is 29.0 Å². The lowest BCUT2D eigenvalue weighted by Crippen LogP contribution is -2.40. The second kappa shape index (κ2) is 9.28. The molecule has 0 N–H and O–H groups in total. The minimum atomic E-state index is -4.19. The molecule has 26 heavy (non-hydrogen) atoms. The Hall–Kier alpha value is -0.990. The molecule has 0 aliphatic heterocycles. The second-order valence-corrected chi connectivity index (χ2v) is 10.3. The molecule has 1 aromatic carbocycles. The molecule has 8 nitrogen and oxygen atoms in total. The lowest BCUT2D eigenvalue weighted by Gasteiger charge is -2.30. The lowest BCUT2D eigenvalue weighted by atomic mass is 10.2. The summed E-state index contributed by atoms with van der Waals surface area (Å²) >= 11 is 5.75. The lowest BCUT2D eigenvalue weighted by molar-refractivity contribution is -0.546. The van der Waals surface area contributed by atoms with Crippen LogP contribution in [0.25, 0.3) is 0 Å². The number of hydrogen-bond acceptors (Lipinski definition) is 7. The summed E-state index contributed by atoms with van der Waals surface area (Å²) in [6.07, 6.45) is -0.702. The van der Waals surface area contributed by atoms with E-state index in [9.17, 15) is 23.1 Å². The van der Waals surface area contributed by atoms with E-state index < -0.39 is 39.8 Å². The number of sulfone groups is 1. The largest absolute Gasteiger partial charge is 0.406 e. The van der Waals surface area contributed by atoms with Gasteiger partial charge in [-0.25, -0.2) is 8.42 Å². The molecule has 11 heteroatoms. The third-order valence-corrected chi connectivity index (χ3v) is 8.86. The van der Waals surface area contributed by atoms with E-state index in [0.717, 1.165) is 0 Å². The minimum Gasteiger partial charge on any atom is -0.304 e. The maximum atomic E-state index is 13.1. The van der Waals surface area contributed by atoms with Gasteiger partial charge in [0.25, 0.3) is 0 Å². The average Bonchev–Trinajstić information content (AvgIpc) is 2.56. The van der Waals surface area contributed by atoms with Crippen LogP contribution in [0.4, 0.5) is 0 Å². The molecule has 148 valence electrons. The molecule has 1 atom stereocenters.